The monoisotopic (exact) mass is 304 g/mol. The van der Waals surface area contributed by atoms with Crippen LogP contribution in [0.4, 0.5) is 0 Å². The van der Waals surface area contributed by atoms with Crippen LogP contribution in [0.1, 0.15) is 33.5 Å². The summed E-state index contributed by atoms with van der Waals surface area (Å²) in [5.41, 5.74) is 0.0902. The van der Waals surface area contributed by atoms with Gasteiger partial charge in [-0.05, 0) is 13.2 Å². The van der Waals surface area contributed by atoms with E-state index in [1.54, 1.807) is 13.2 Å². The molecule has 0 spiro atoms. The van der Waals surface area contributed by atoms with E-state index in [1.807, 2.05) is 0 Å². The minimum Gasteiger partial charge on any atom is -0.462 e. The molecule has 2 aromatic heterocycles. The second kappa shape index (κ2) is 6.89. The normalized spacial score (nSPS) is 10.2. The van der Waals surface area contributed by atoms with Crippen molar-refractivity contribution < 1.29 is 14.3 Å². The fraction of sp³-hybridized carbons (Fsp3) is 0.231. The van der Waals surface area contributed by atoms with Crippen LogP contribution < -0.4 is 0 Å². The van der Waals surface area contributed by atoms with E-state index in [2.05, 4.69) is 19.9 Å². The van der Waals surface area contributed by atoms with Crippen molar-refractivity contribution >= 4 is 23.5 Å². The molecule has 0 saturated heterocycles. The van der Waals surface area contributed by atoms with Gasteiger partial charge in [-0.2, -0.15) is 0 Å². The van der Waals surface area contributed by atoms with Gasteiger partial charge in [0, 0.05) is 18.6 Å². The first kappa shape index (κ1) is 15.0. The molecule has 0 aliphatic heterocycles. The maximum absolute atomic E-state index is 12.4. The number of ketones is 1. The molecule has 0 unspecified atom stereocenters. The highest BCUT2D eigenvalue weighted by Crippen LogP contribution is 2.16. The van der Waals surface area contributed by atoms with Gasteiger partial charge in [0.2, 0.25) is 5.78 Å². The van der Waals surface area contributed by atoms with Gasteiger partial charge in [-0.25, -0.2) is 19.7 Å². The number of carbonyl (C=O) groups excluding carboxylic acids is 2. The van der Waals surface area contributed by atoms with Gasteiger partial charge >= 0.3 is 5.97 Å². The Kier molecular flexibility index (Phi) is 4.94. The molecule has 0 radical (unpaired) electrons. The van der Waals surface area contributed by atoms with Gasteiger partial charge in [0.15, 0.2) is 5.16 Å². The molecular formula is C13H12N4O3S. The third-order valence-corrected chi connectivity index (χ3v) is 3.02. The zero-order valence-corrected chi connectivity index (χ0v) is 12.3. The largest absolute Gasteiger partial charge is 0.462 e. The standard InChI is InChI=1S/C13H12N4O3S/c1-3-20-12(19)8-6-16-13(21-2)17-10(8)11(18)9-7-14-4-5-15-9/h4-7H,3H2,1-2H3. The Balaban J connectivity index is 2.49. The van der Waals surface area contributed by atoms with Crippen LogP contribution in [0.2, 0.25) is 0 Å². The fourth-order valence-electron chi connectivity index (χ4n) is 1.53. The molecule has 0 aliphatic rings. The Bertz CT molecular complexity index is 664. The van der Waals surface area contributed by atoms with Crippen molar-refractivity contribution in [3.8, 4) is 0 Å². The SMILES string of the molecule is CCOC(=O)c1cnc(SC)nc1C(=O)c1cnccn1. The van der Waals surface area contributed by atoms with Gasteiger partial charge < -0.3 is 4.74 Å². The molecule has 108 valence electrons. The lowest BCUT2D eigenvalue weighted by atomic mass is 10.1. The highest BCUT2D eigenvalue weighted by molar-refractivity contribution is 7.98. The number of esters is 1. The Hall–Kier alpha value is -2.35. The number of nitrogens with zero attached hydrogens (tertiary/aromatic N) is 4. The maximum Gasteiger partial charge on any atom is 0.342 e. The first-order chi connectivity index (χ1) is 10.2. The fourth-order valence-corrected chi connectivity index (χ4v) is 1.87. The van der Waals surface area contributed by atoms with E-state index in [0.29, 0.717) is 5.16 Å². The summed E-state index contributed by atoms with van der Waals surface area (Å²) in [6.45, 7) is 1.88. The lowest BCUT2D eigenvalue weighted by Crippen LogP contribution is -2.16. The van der Waals surface area contributed by atoms with Gasteiger partial charge in [0.25, 0.3) is 0 Å². The van der Waals surface area contributed by atoms with E-state index >= 15 is 0 Å². The van der Waals surface area contributed by atoms with Crippen LogP contribution in [0, 0.1) is 0 Å². The van der Waals surface area contributed by atoms with Crippen LogP contribution in [0.3, 0.4) is 0 Å². The third-order valence-electron chi connectivity index (χ3n) is 2.46. The summed E-state index contributed by atoms with van der Waals surface area (Å²) in [5, 5.41) is 0.385. The molecule has 0 N–H and O–H groups in total. The number of carbonyl (C=O) groups is 2. The Labute approximate surface area is 125 Å². The van der Waals surface area contributed by atoms with Crippen LogP contribution in [0.15, 0.2) is 29.9 Å². The van der Waals surface area contributed by atoms with Crippen molar-refractivity contribution in [3.05, 3.63) is 41.7 Å². The van der Waals surface area contributed by atoms with Crippen molar-refractivity contribution in [2.24, 2.45) is 0 Å². The minimum atomic E-state index is -0.641. The molecule has 0 saturated carbocycles. The average molecular weight is 304 g/mol. The summed E-state index contributed by atoms with van der Waals surface area (Å²) in [5.74, 6) is -1.14. The highest BCUT2D eigenvalue weighted by atomic mass is 32.2. The van der Waals surface area contributed by atoms with Crippen LogP contribution in [0.25, 0.3) is 0 Å². The van der Waals surface area contributed by atoms with Gasteiger partial charge in [0.1, 0.15) is 17.0 Å². The number of ether oxygens (including phenoxy) is 1. The Morgan fingerprint density at radius 2 is 2.05 bits per heavy atom. The summed E-state index contributed by atoms with van der Waals surface area (Å²) >= 11 is 1.27. The number of aromatic nitrogens is 4. The molecule has 0 amide bonds. The first-order valence-electron chi connectivity index (χ1n) is 6.06. The van der Waals surface area contributed by atoms with Crippen LogP contribution in [0.5, 0.6) is 0 Å². The van der Waals surface area contributed by atoms with Crippen molar-refractivity contribution in [2.45, 2.75) is 12.1 Å². The number of hydrogen-bond acceptors (Lipinski definition) is 8. The topological polar surface area (TPSA) is 94.9 Å². The second-order valence-corrected chi connectivity index (χ2v) is 4.53. The van der Waals surface area contributed by atoms with Crippen LogP contribution in [-0.4, -0.2) is 44.6 Å². The molecule has 8 heteroatoms. The number of thioether (sulfide) groups is 1. The summed E-state index contributed by atoms with van der Waals surface area (Å²) in [4.78, 5) is 40.2. The molecule has 0 bridgehead atoms. The number of rotatable bonds is 5. The van der Waals surface area contributed by atoms with Gasteiger partial charge in [-0.3, -0.25) is 9.78 Å². The maximum atomic E-state index is 12.4. The summed E-state index contributed by atoms with van der Waals surface area (Å²) in [6.07, 6.45) is 7.23. The minimum absolute atomic E-state index is 0.0188. The number of hydrogen-bond donors (Lipinski definition) is 0. The molecule has 0 atom stereocenters. The molecule has 2 aromatic rings. The van der Waals surface area contributed by atoms with E-state index in [-0.39, 0.29) is 23.6 Å². The quantitative estimate of drug-likeness (QED) is 0.354. The molecule has 21 heavy (non-hydrogen) atoms. The molecule has 0 fully saturated rings. The first-order valence-corrected chi connectivity index (χ1v) is 7.28. The molecular weight excluding hydrogens is 292 g/mol. The highest BCUT2D eigenvalue weighted by Gasteiger charge is 2.23. The summed E-state index contributed by atoms with van der Waals surface area (Å²) in [7, 11) is 0. The van der Waals surface area contributed by atoms with E-state index in [4.69, 9.17) is 4.74 Å². The Morgan fingerprint density at radius 3 is 2.67 bits per heavy atom. The summed E-state index contributed by atoms with van der Waals surface area (Å²) in [6, 6.07) is 0. The molecule has 7 nitrogen and oxygen atoms in total. The van der Waals surface area contributed by atoms with E-state index < -0.39 is 11.8 Å². The zero-order valence-electron chi connectivity index (χ0n) is 11.4. The van der Waals surface area contributed by atoms with E-state index in [9.17, 15) is 9.59 Å². The van der Waals surface area contributed by atoms with Crippen molar-refractivity contribution in [3.63, 3.8) is 0 Å². The van der Waals surface area contributed by atoms with Gasteiger partial charge in [-0.1, -0.05) is 11.8 Å². The zero-order chi connectivity index (χ0) is 15.2. The summed E-state index contributed by atoms with van der Waals surface area (Å²) < 4.78 is 4.91. The van der Waals surface area contributed by atoms with Gasteiger partial charge in [-0.15, -0.1) is 0 Å². The Morgan fingerprint density at radius 1 is 1.24 bits per heavy atom. The van der Waals surface area contributed by atoms with Gasteiger partial charge in [0.05, 0.1) is 12.8 Å². The smallest absolute Gasteiger partial charge is 0.342 e. The van der Waals surface area contributed by atoms with E-state index in [0.717, 1.165) is 0 Å². The van der Waals surface area contributed by atoms with Crippen molar-refractivity contribution in [1.82, 2.24) is 19.9 Å². The lowest BCUT2D eigenvalue weighted by Gasteiger charge is -2.07. The second-order valence-electron chi connectivity index (χ2n) is 3.76. The third kappa shape index (κ3) is 3.40. The molecule has 0 aliphatic carbocycles. The van der Waals surface area contributed by atoms with E-state index in [1.165, 1.54) is 36.5 Å². The van der Waals surface area contributed by atoms with Crippen molar-refractivity contribution in [1.29, 1.82) is 0 Å². The molecule has 0 aromatic carbocycles. The van der Waals surface area contributed by atoms with Crippen LogP contribution >= 0.6 is 11.8 Å². The lowest BCUT2D eigenvalue weighted by molar-refractivity contribution is 0.0522. The predicted molar refractivity (Wildman–Crippen MR) is 75.2 cm³/mol. The van der Waals surface area contributed by atoms with Crippen LogP contribution in [-0.2, 0) is 4.74 Å². The van der Waals surface area contributed by atoms with Crippen molar-refractivity contribution in [2.75, 3.05) is 12.9 Å². The molecule has 2 rings (SSSR count). The average Bonchev–Trinajstić information content (AvgIpc) is 2.54. The predicted octanol–water partition coefficient (Wildman–Crippen LogP) is 1.40. The molecule has 2 heterocycles.